The molecule has 178 valence electrons. The van der Waals surface area contributed by atoms with E-state index in [1.165, 1.54) is 23.1 Å². The molecule has 0 spiro atoms. The molecular formula is C24H20ClF4N3O2. The number of alkyl halides is 3. The van der Waals surface area contributed by atoms with Gasteiger partial charge >= 0.3 is 6.18 Å². The molecule has 0 atom stereocenters. The van der Waals surface area contributed by atoms with Gasteiger partial charge < -0.3 is 4.90 Å². The van der Waals surface area contributed by atoms with Gasteiger partial charge in [-0.15, -0.1) is 0 Å². The molecule has 0 radical (unpaired) electrons. The first-order valence-corrected chi connectivity index (χ1v) is 10.9. The highest BCUT2D eigenvalue weighted by atomic mass is 35.5. The second kappa shape index (κ2) is 8.87. The minimum Gasteiger partial charge on any atom is -0.345 e. The number of carbonyl (C=O) groups excluding carboxylic acids is 2. The number of amides is 1. The Balaban J connectivity index is 1.86. The fraction of sp³-hybridized carbons (Fsp3) is 0.292. The first-order chi connectivity index (χ1) is 16.0. The zero-order chi connectivity index (χ0) is 24.8. The molecule has 1 aliphatic rings. The molecule has 0 saturated heterocycles. The van der Waals surface area contributed by atoms with Crippen LogP contribution in [0.1, 0.15) is 50.4 Å². The number of fused-ring (bicyclic) bond motifs is 1. The molecule has 1 aliphatic carbocycles. The van der Waals surface area contributed by atoms with Crippen LogP contribution in [-0.4, -0.2) is 40.6 Å². The summed E-state index contributed by atoms with van der Waals surface area (Å²) >= 11 is 6.03. The van der Waals surface area contributed by atoms with E-state index in [1.54, 1.807) is 14.1 Å². The monoisotopic (exact) mass is 493 g/mol. The number of halogens is 5. The number of hydrogen-bond acceptors (Lipinski definition) is 3. The minimum atomic E-state index is -4.80. The number of hydrogen-bond donors (Lipinski definition) is 0. The third-order valence-corrected chi connectivity index (χ3v) is 6.10. The van der Waals surface area contributed by atoms with E-state index in [9.17, 15) is 22.8 Å². The Bertz CT molecular complexity index is 1300. The van der Waals surface area contributed by atoms with Gasteiger partial charge in [-0.1, -0.05) is 17.7 Å². The lowest BCUT2D eigenvalue weighted by atomic mass is 9.93. The lowest BCUT2D eigenvalue weighted by Crippen LogP contribution is -2.22. The Morgan fingerprint density at radius 2 is 1.79 bits per heavy atom. The maximum atomic E-state index is 15.1. The van der Waals surface area contributed by atoms with E-state index < -0.39 is 29.0 Å². The summed E-state index contributed by atoms with van der Waals surface area (Å²) in [5.74, 6) is -2.12. The molecule has 1 heterocycles. The molecule has 0 N–H and O–H groups in total. The second-order valence-corrected chi connectivity index (χ2v) is 8.66. The molecule has 0 bridgehead atoms. The van der Waals surface area contributed by atoms with Gasteiger partial charge in [0, 0.05) is 30.8 Å². The van der Waals surface area contributed by atoms with Crippen molar-refractivity contribution in [1.29, 1.82) is 0 Å². The average molecular weight is 494 g/mol. The number of rotatable bonds is 3. The summed E-state index contributed by atoms with van der Waals surface area (Å²) in [4.78, 5) is 26.8. The van der Waals surface area contributed by atoms with Crippen LogP contribution in [0.25, 0.3) is 11.3 Å². The first-order valence-electron chi connectivity index (χ1n) is 10.5. The van der Waals surface area contributed by atoms with E-state index in [1.807, 2.05) is 0 Å². The zero-order valence-corrected chi connectivity index (χ0v) is 19.1. The van der Waals surface area contributed by atoms with E-state index in [4.69, 9.17) is 11.6 Å². The van der Waals surface area contributed by atoms with Crippen molar-refractivity contribution in [3.8, 4) is 11.3 Å². The maximum Gasteiger partial charge on any atom is 0.417 e. The van der Waals surface area contributed by atoms with E-state index in [2.05, 4.69) is 5.10 Å². The van der Waals surface area contributed by atoms with Crippen molar-refractivity contribution in [2.45, 2.75) is 31.9 Å². The highest BCUT2D eigenvalue weighted by Crippen LogP contribution is 2.37. The molecule has 4 rings (SSSR count). The smallest absolute Gasteiger partial charge is 0.345 e. The van der Waals surface area contributed by atoms with Gasteiger partial charge in [-0.25, -0.2) is 4.39 Å². The van der Waals surface area contributed by atoms with Crippen LogP contribution >= 0.6 is 11.6 Å². The molecule has 0 saturated carbocycles. The van der Waals surface area contributed by atoms with Crippen LogP contribution in [0, 0.1) is 5.82 Å². The fourth-order valence-electron chi connectivity index (χ4n) is 4.17. The Hall–Kier alpha value is -3.20. The van der Waals surface area contributed by atoms with Gasteiger partial charge in [-0.2, -0.15) is 23.0 Å². The van der Waals surface area contributed by atoms with Crippen LogP contribution in [0.4, 0.5) is 17.6 Å². The minimum absolute atomic E-state index is 0.0650. The van der Waals surface area contributed by atoms with Crippen LogP contribution in [0.15, 0.2) is 36.4 Å². The van der Waals surface area contributed by atoms with Crippen molar-refractivity contribution in [3.05, 3.63) is 75.2 Å². The predicted octanol–water partition coefficient (Wildman–Crippen LogP) is 5.63. The van der Waals surface area contributed by atoms with E-state index in [-0.39, 0.29) is 27.8 Å². The topological polar surface area (TPSA) is 55.2 Å². The molecule has 1 aromatic heterocycles. The average Bonchev–Trinajstić information content (AvgIpc) is 3.16. The molecule has 0 fully saturated rings. The van der Waals surface area contributed by atoms with Crippen LogP contribution in [-0.2, 0) is 19.0 Å². The zero-order valence-electron chi connectivity index (χ0n) is 18.3. The molecule has 3 aromatic rings. The Morgan fingerprint density at radius 1 is 1.09 bits per heavy atom. The molecule has 2 aromatic carbocycles. The number of benzene rings is 2. The van der Waals surface area contributed by atoms with Gasteiger partial charge in [0.1, 0.15) is 5.82 Å². The summed E-state index contributed by atoms with van der Waals surface area (Å²) in [6.45, 7) is 0. The van der Waals surface area contributed by atoms with Gasteiger partial charge in [-0.3, -0.25) is 9.59 Å². The standard InChI is InChI=1S/C24H20ClF4N3O2/c1-31(2)22(33)13-10-11-14(18(26)12-13)21-15-6-3-4-9-19(15)32(30-21)23(34)20-16(24(27,28)29)7-5-8-17(20)25/h5,7-8,10-12H,3-4,6,9H2,1-2H3. The van der Waals surface area contributed by atoms with E-state index in [0.717, 1.165) is 29.3 Å². The van der Waals surface area contributed by atoms with Crippen LogP contribution < -0.4 is 0 Å². The predicted molar refractivity (Wildman–Crippen MR) is 118 cm³/mol. The second-order valence-electron chi connectivity index (χ2n) is 8.25. The fourth-order valence-corrected chi connectivity index (χ4v) is 4.42. The highest BCUT2D eigenvalue weighted by Gasteiger charge is 2.38. The molecule has 34 heavy (non-hydrogen) atoms. The SMILES string of the molecule is CN(C)C(=O)c1ccc(-c2nn(C(=O)c3c(Cl)cccc3C(F)(F)F)c3c2CCCC3)c(F)c1. The summed E-state index contributed by atoms with van der Waals surface area (Å²) < 4.78 is 56.8. The lowest BCUT2D eigenvalue weighted by Gasteiger charge is -2.16. The normalized spacial score (nSPS) is 13.5. The van der Waals surface area contributed by atoms with Gasteiger partial charge in [-0.05, 0) is 56.0 Å². The maximum absolute atomic E-state index is 15.1. The summed E-state index contributed by atoms with van der Waals surface area (Å²) in [5.41, 5.74) is -0.449. The van der Waals surface area contributed by atoms with E-state index in [0.29, 0.717) is 30.5 Å². The van der Waals surface area contributed by atoms with Gasteiger partial charge in [0.15, 0.2) is 0 Å². The molecule has 1 amide bonds. The van der Waals surface area contributed by atoms with Gasteiger partial charge in [0.05, 0.1) is 27.5 Å². The van der Waals surface area contributed by atoms with Crippen molar-refractivity contribution >= 4 is 23.4 Å². The third kappa shape index (κ3) is 4.20. The molecule has 5 nitrogen and oxygen atoms in total. The lowest BCUT2D eigenvalue weighted by molar-refractivity contribution is -0.137. The number of carbonyl (C=O) groups is 2. The summed E-state index contributed by atoms with van der Waals surface area (Å²) in [7, 11) is 3.09. The quantitative estimate of drug-likeness (QED) is 0.444. The van der Waals surface area contributed by atoms with Crippen molar-refractivity contribution in [2.24, 2.45) is 0 Å². The summed E-state index contributed by atoms with van der Waals surface area (Å²) in [5, 5.41) is 3.93. The number of aromatic nitrogens is 2. The van der Waals surface area contributed by atoms with Gasteiger partial charge in [0.2, 0.25) is 0 Å². The molecular weight excluding hydrogens is 474 g/mol. The summed E-state index contributed by atoms with van der Waals surface area (Å²) in [6.07, 6.45) is -2.44. The van der Waals surface area contributed by atoms with E-state index >= 15 is 4.39 Å². The van der Waals surface area contributed by atoms with Crippen molar-refractivity contribution in [2.75, 3.05) is 14.1 Å². The first kappa shape index (κ1) is 23.9. The Morgan fingerprint density at radius 3 is 2.44 bits per heavy atom. The van der Waals surface area contributed by atoms with Crippen molar-refractivity contribution in [1.82, 2.24) is 14.7 Å². The molecule has 0 unspecified atom stereocenters. The van der Waals surface area contributed by atoms with Crippen LogP contribution in [0.2, 0.25) is 5.02 Å². The number of nitrogens with zero attached hydrogens (tertiary/aromatic N) is 3. The molecule has 10 heteroatoms. The Kier molecular flexibility index (Phi) is 6.24. The highest BCUT2D eigenvalue weighted by molar-refractivity contribution is 6.34. The van der Waals surface area contributed by atoms with Gasteiger partial charge in [0.25, 0.3) is 11.8 Å². The third-order valence-electron chi connectivity index (χ3n) is 5.78. The largest absolute Gasteiger partial charge is 0.417 e. The van der Waals surface area contributed by atoms with Crippen molar-refractivity contribution in [3.63, 3.8) is 0 Å². The Labute approximate surface area is 197 Å². The van der Waals surface area contributed by atoms with Crippen LogP contribution in [0.3, 0.4) is 0 Å². The molecule has 0 aliphatic heterocycles. The van der Waals surface area contributed by atoms with Crippen LogP contribution in [0.5, 0.6) is 0 Å². The van der Waals surface area contributed by atoms with Crippen molar-refractivity contribution < 1.29 is 27.2 Å². The summed E-state index contributed by atoms with van der Waals surface area (Å²) in [6, 6.07) is 7.06.